The quantitative estimate of drug-likeness (QED) is 0.807. The minimum Gasteiger partial charge on any atom is -0.352 e. The molecule has 0 unspecified atom stereocenters. The molecule has 0 bridgehead atoms. The Bertz CT molecular complexity index is 474. The van der Waals surface area contributed by atoms with Crippen LogP contribution in [0.3, 0.4) is 0 Å². The van der Waals surface area contributed by atoms with Gasteiger partial charge in [0, 0.05) is 37.7 Å². The Morgan fingerprint density at radius 2 is 1.82 bits per heavy atom. The highest BCUT2D eigenvalue weighted by Gasteiger charge is 2.19. The Balaban J connectivity index is 0.00000242. The SMILES string of the molecule is Cl.NC1CCN(C(=O)CCCNC(=O)c2ccccc2)CC1. The highest BCUT2D eigenvalue weighted by Crippen LogP contribution is 2.10. The van der Waals surface area contributed by atoms with Crippen molar-refractivity contribution in [1.29, 1.82) is 0 Å². The molecule has 0 saturated carbocycles. The number of hydrogen-bond donors (Lipinski definition) is 2. The van der Waals surface area contributed by atoms with Crippen LogP contribution in [0.5, 0.6) is 0 Å². The van der Waals surface area contributed by atoms with Gasteiger partial charge in [-0.3, -0.25) is 9.59 Å². The first-order valence-electron chi connectivity index (χ1n) is 7.53. The number of piperidine rings is 1. The first kappa shape index (κ1) is 18.5. The molecule has 0 radical (unpaired) electrons. The summed E-state index contributed by atoms with van der Waals surface area (Å²) in [5.41, 5.74) is 6.47. The van der Waals surface area contributed by atoms with Gasteiger partial charge in [0.15, 0.2) is 0 Å². The van der Waals surface area contributed by atoms with Crippen molar-refractivity contribution >= 4 is 24.2 Å². The summed E-state index contributed by atoms with van der Waals surface area (Å²) in [4.78, 5) is 25.7. The van der Waals surface area contributed by atoms with Crippen LogP contribution < -0.4 is 11.1 Å². The molecule has 5 nitrogen and oxygen atoms in total. The van der Waals surface area contributed by atoms with Crippen LogP contribution in [0.4, 0.5) is 0 Å². The summed E-state index contributed by atoms with van der Waals surface area (Å²) in [6.45, 7) is 2.04. The molecule has 1 fully saturated rings. The van der Waals surface area contributed by atoms with Crippen molar-refractivity contribution in [3.63, 3.8) is 0 Å². The van der Waals surface area contributed by atoms with Gasteiger partial charge in [-0.05, 0) is 31.4 Å². The molecule has 3 N–H and O–H groups in total. The second-order valence-corrected chi connectivity index (χ2v) is 5.44. The molecule has 22 heavy (non-hydrogen) atoms. The molecule has 1 heterocycles. The third kappa shape index (κ3) is 5.66. The number of amides is 2. The zero-order valence-corrected chi connectivity index (χ0v) is 13.5. The van der Waals surface area contributed by atoms with Crippen molar-refractivity contribution in [3.8, 4) is 0 Å². The maximum atomic E-state index is 12.0. The Morgan fingerprint density at radius 1 is 1.18 bits per heavy atom. The maximum Gasteiger partial charge on any atom is 0.251 e. The predicted molar refractivity (Wildman–Crippen MR) is 89.0 cm³/mol. The van der Waals surface area contributed by atoms with E-state index in [0.717, 1.165) is 25.9 Å². The summed E-state index contributed by atoms with van der Waals surface area (Å²) >= 11 is 0. The van der Waals surface area contributed by atoms with Gasteiger partial charge >= 0.3 is 0 Å². The number of nitrogens with zero attached hydrogens (tertiary/aromatic N) is 1. The summed E-state index contributed by atoms with van der Waals surface area (Å²) in [6, 6.07) is 9.33. The van der Waals surface area contributed by atoms with E-state index in [9.17, 15) is 9.59 Å². The number of carbonyl (C=O) groups excluding carboxylic acids is 2. The summed E-state index contributed by atoms with van der Waals surface area (Å²) in [7, 11) is 0. The van der Waals surface area contributed by atoms with Crippen LogP contribution in [0.25, 0.3) is 0 Å². The van der Waals surface area contributed by atoms with E-state index in [1.165, 1.54) is 0 Å². The average Bonchev–Trinajstić information content (AvgIpc) is 2.52. The average molecular weight is 326 g/mol. The van der Waals surface area contributed by atoms with Crippen LogP contribution in [-0.4, -0.2) is 42.4 Å². The Morgan fingerprint density at radius 3 is 2.45 bits per heavy atom. The molecular formula is C16H24ClN3O2. The molecule has 1 aromatic carbocycles. The monoisotopic (exact) mass is 325 g/mol. The van der Waals surface area contributed by atoms with Crippen molar-refractivity contribution in [2.75, 3.05) is 19.6 Å². The number of nitrogens with two attached hydrogens (primary N) is 1. The Kier molecular flexibility index (Phi) is 7.91. The number of nitrogens with one attached hydrogen (secondary N) is 1. The van der Waals surface area contributed by atoms with E-state index in [4.69, 9.17) is 5.73 Å². The highest BCUT2D eigenvalue weighted by molar-refractivity contribution is 5.94. The number of benzene rings is 1. The molecule has 0 atom stereocenters. The number of halogens is 1. The zero-order valence-electron chi connectivity index (χ0n) is 12.7. The van der Waals surface area contributed by atoms with E-state index >= 15 is 0 Å². The van der Waals surface area contributed by atoms with Crippen LogP contribution in [0.2, 0.25) is 0 Å². The fraction of sp³-hybridized carbons (Fsp3) is 0.500. The lowest BCUT2D eigenvalue weighted by atomic mass is 10.1. The van der Waals surface area contributed by atoms with E-state index in [1.54, 1.807) is 12.1 Å². The topological polar surface area (TPSA) is 75.4 Å². The minimum atomic E-state index is -0.0907. The summed E-state index contributed by atoms with van der Waals surface area (Å²) in [5, 5.41) is 2.83. The highest BCUT2D eigenvalue weighted by atomic mass is 35.5. The van der Waals surface area contributed by atoms with Gasteiger partial charge in [-0.25, -0.2) is 0 Å². The van der Waals surface area contributed by atoms with E-state index in [0.29, 0.717) is 24.9 Å². The van der Waals surface area contributed by atoms with E-state index < -0.39 is 0 Å². The molecule has 2 amide bonds. The third-order valence-corrected chi connectivity index (χ3v) is 3.78. The van der Waals surface area contributed by atoms with Crippen molar-refractivity contribution in [2.45, 2.75) is 31.7 Å². The lowest BCUT2D eigenvalue weighted by molar-refractivity contribution is -0.132. The zero-order chi connectivity index (χ0) is 15.1. The Labute approximate surface area is 137 Å². The number of carbonyl (C=O) groups is 2. The number of rotatable bonds is 5. The molecule has 0 spiro atoms. The van der Waals surface area contributed by atoms with Gasteiger partial charge in [-0.15, -0.1) is 12.4 Å². The summed E-state index contributed by atoms with van der Waals surface area (Å²) < 4.78 is 0. The smallest absolute Gasteiger partial charge is 0.251 e. The summed E-state index contributed by atoms with van der Waals surface area (Å²) in [6.07, 6.45) is 2.91. The molecule has 2 rings (SSSR count). The maximum absolute atomic E-state index is 12.0. The predicted octanol–water partition coefficient (Wildman–Crippen LogP) is 1.57. The first-order valence-corrected chi connectivity index (χ1v) is 7.53. The van der Waals surface area contributed by atoms with Crippen LogP contribution in [0.1, 0.15) is 36.0 Å². The van der Waals surface area contributed by atoms with Gasteiger partial charge in [0.2, 0.25) is 5.91 Å². The van der Waals surface area contributed by atoms with Gasteiger partial charge in [0.1, 0.15) is 0 Å². The van der Waals surface area contributed by atoms with Crippen molar-refractivity contribution in [1.82, 2.24) is 10.2 Å². The molecule has 1 saturated heterocycles. The second-order valence-electron chi connectivity index (χ2n) is 5.44. The first-order chi connectivity index (χ1) is 10.2. The number of hydrogen-bond acceptors (Lipinski definition) is 3. The fourth-order valence-corrected chi connectivity index (χ4v) is 2.44. The largest absolute Gasteiger partial charge is 0.352 e. The fourth-order valence-electron chi connectivity index (χ4n) is 2.44. The molecule has 1 aromatic rings. The van der Waals surface area contributed by atoms with E-state index in [-0.39, 0.29) is 30.3 Å². The van der Waals surface area contributed by atoms with Crippen LogP contribution in [-0.2, 0) is 4.79 Å². The van der Waals surface area contributed by atoms with Gasteiger partial charge in [0.05, 0.1) is 0 Å². The molecule has 122 valence electrons. The molecule has 1 aliphatic rings. The standard InChI is InChI=1S/C16H23N3O2.ClH/c17-14-8-11-19(12-9-14)15(20)7-4-10-18-16(21)13-5-2-1-3-6-13;/h1-3,5-6,14H,4,7-12,17H2,(H,18,21);1H. The third-order valence-electron chi connectivity index (χ3n) is 3.78. The molecule has 1 aliphatic heterocycles. The van der Waals surface area contributed by atoms with Gasteiger partial charge in [-0.2, -0.15) is 0 Å². The van der Waals surface area contributed by atoms with Crippen LogP contribution >= 0.6 is 12.4 Å². The van der Waals surface area contributed by atoms with Gasteiger partial charge in [0.25, 0.3) is 5.91 Å². The lowest BCUT2D eigenvalue weighted by Gasteiger charge is -2.30. The van der Waals surface area contributed by atoms with Crippen molar-refractivity contribution < 1.29 is 9.59 Å². The van der Waals surface area contributed by atoms with Gasteiger partial charge < -0.3 is 16.0 Å². The molecule has 0 aromatic heterocycles. The molecule has 0 aliphatic carbocycles. The number of likely N-dealkylation sites (tertiary alicyclic amines) is 1. The lowest BCUT2D eigenvalue weighted by Crippen LogP contribution is -2.43. The Hall–Kier alpha value is -1.59. The molecular weight excluding hydrogens is 302 g/mol. The minimum absolute atomic E-state index is 0. The van der Waals surface area contributed by atoms with Crippen molar-refractivity contribution in [3.05, 3.63) is 35.9 Å². The van der Waals surface area contributed by atoms with Crippen LogP contribution in [0, 0.1) is 0 Å². The second kappa shape index (κ2) is 9.43. The van der Waals surface area contributed by atoms with Gasteiger partial charge in [-0.1, -0.05) is 18.2 Å². The van der Waals surface area contributed by atoms with Crippen molar-refractivity contribution in [2.24, 2.45) is 5.73 Å². The normalized spacial score (nSPS) is 15.0. The van der Waals surface area contributed by atoms with E-state index in [1.807, 2.05) is 23.1 Å². The van der Waals surface area contributed by atoms with Crippen LogP contribution in [0.15, 0.2) is 30.3 Å². The summed E-state index contributed by atoms with van der Waals surface area (Å²) in [5.74, 6) is 0.0721. The molecule has 6 heteroatoms. The van der Waals surface area contributed by atoms with E-state index in [2.05, 4.69) is 5.32 Å².